The number of pyridine rings is 4. The van der Waals surface area contributed by atoms with Crippen molar-refractivity contribution in [2.45, 2.75) is 52.4 Å². The Labute approximate surface area is 625 Å². The molecule has 8 aromatic heterocycles. The van der Waals surface area contributed by atoms with Crippen LogP contribution in [0.2, 0.25) is 0 Å². The van der Waals surface area contributed by atoms with Crippen LogP contribution in [-0.4, -0.2) is 37.5 Å². The van der Waals surface area contributed by atoms with Gasteiger partial charge in [0.15, 0.2) is 0 Å². The summed E-state index contributed by atoms with van der Waals surface area (Å²) in [7, 11) is 0. The van der Waals surface area contributed by atoms with Crippen LogP contribution in [-0.2, 0) is 10.8 Å². The molecule has 0 saturated carbocycles. The predicted octanol–water partition coefficient (Wildman–Crippen LogP) is 22.2. The highest BCUT2D eigenvalue weighted by Crippen LogP contribution is 2.54. The highest BCUT2D eigenvalue weighted by Gasteiger charge is 2.32. The van der Waals surface area contributed by atoms with Crippen molar-refractivity contribution in [3.8, 4) is 23.0 Å². The maximum Gasteiger partial charge on any atom is 0.264 e. The van der Waals surface area contributed by atoms with Crippen molar-refractivity contribution in [2.24, 2.45) is 0 Å². The van der Waals surface area contributed by atoms with Gasteiger partial charge in [-0.1, -0.05) is 170 Å². The molecule has 0 radical (unpaired) electrons. The van der Waals surface area contributed by atoms with Crippen LogP contribution < -0.4 is 31.7 Å². The second-order valence-corrected chi connectivity index (χ2v) is 32.5. The SMILES string of the molecule is CC(C)(C)c1ccc(Oc2cc3c(=O)n4c5ccccc5nc4c4ccc5c6c(Oc7ccc(C(C)(C)C)cc7)cc7c(=O)n8c9ccccc9nc8c8ccc(c2c5c34)c6c78)cc1.O=c1c2cc(Br)c3c4ccc5c6c(cc(Br)c(c7ccc(c2c73)c2nc3ccccc3n12)c46)c(=O)n1c2ccccc2nc51. The Morgan fingerprint density at radius 1 is 0.269 bits per heavy atom. The zero-order valence-corrected chi connectivity index (χ0v) is 61.7. The van der Waals surface area contributed by atoms with Gasteiger partial charge in [0, 0.05) is 95.1 Å². The number of benzene rings is 16. The second kappa shape index (κ2) is 21.1. The molecule has 0 atom stereocenters. The fourth-order valence-corrected chi connectivity index (χ4v) is 19.3. The minimum atomic E-state index is -0.177. The lowest BCUT2D eigenvalue weighted by molar-refractivity contribution is 0.487. The van der Waals surface area contributed by atoms with Crippen molar-refractivity contribution < 1.29 is 9.47 Å². The lowest BCUT2D eigenvalue weighted by atomic mass is 9.85. The molecule has 0 unspecified atom stereocenters. The van der Waals surface area contributed by atoms with Gasteiger partial charge in [-0.2, -0.15) is 0 Å². The van der Waals surface area contributed by atoms with Gasteiger partial charge in [-0.15, -0.1) is 0 Å². The smallest absolute Gasteiger partial charge is 0.264 e. The van der Waals surface area contributed by atoms with Gasteiger partial charge in [0.2, 0.25) is 0 Å². The molecule has 0 amide bonds. The van der Waals surface area contributed by atoms with Gasteiger partial charge in [0.1, 0.15) is 45.6 Å². The summed E-state index contributed by atoms with van der Waals surface area (Å²) in [5, 5.41) is 20.4. The van der Waals surface area contributed by atoms with Crippen molar-refractivity contribution in [1.82, 2.24) is 37.5 Å². The molecule has 8 heterocycles. The Morgan fingerprint density at radius 3 is 0.806 bits per heavy atom. The summed E-state index contributed by atoms with van der Waals surface area (Å²) in [6, 6.07) is 71.9. The van der Waals surface area contributed by atoms with Crippen LogP contribution in [0.4, 0.5) is 0 Å². The molecule has 0 aliphatic carbocycles. The Morgan fingerprint density at radius 2 is 0.519 bits per heavy atom. The van der Waals surface area contributed by atoms with Crippen molar-refractivity contribution in [3.63, 3.8) is 0 Å². The van der Waals surface area contributed by atoms with Gasteiger partial charge >= 0.3 is 0 Å². The van der Waals surface area contributed by atoms with Gasteiger partial charge in [-0.3, -0.25) is 36.8 Å². The van der Waals surface area contributed by atoms with Gasteiger partial charge in [-0.05, 0) is 165 Å². The monoisotopic (exact) mass is 1520 g/mol. The molecule has 24 rings (SSSR count). The van der Waals surface area contributed by atoms with E-state index in [0.717, 1.165) is 161 Å². The Hall–Kier alpha value is -12.8. The van der Waals surface area contributed by atoms with E-state index in [1.54, 1.807) is 17.6 Å². The summed E-state index contributed by atoms with van der Waals surface area (Å²) in [6.07, 6.45) is 0. The number of aromatic nitrogens is 8. The van der Waals surface area contributed by atoms with E-state index in [1.165, 1.54) is 11.1 Å². The fourth-order valence-electron chi connectivity index (χ4n) is 18.1. The number of imidazole rings is 4. The topological polar surface area (TPSA) is 156 Å². The summed E-state index contributed by atoms with van der Waals surface area (Å²) in [4.78, 5) is 78.4. The standard InChI is InChI=1S/C56H40N4O4.C36H14Br2N4O2/c1-55(2,3)29-15-19-31(20-16-29)63-43-27-37-45-35(51-57-39-11-7-9-13-41(39)59(51)53(37)61)26-24-34-48-44(64-32-21-17-30(18-22-32)56(4,5)6)28-38-46-36(25-23-33(50(46)48)47(43)49(34)45)52-58-40-12-8-10-14-42(40)60(52)54(38)62;37-21-13-19-27-17(33-39-23-5-1-3-7-25(23)41(33)35(19)43)11-9-15-30-22(38)14-20-28-18(12-10-16(32(28)30)29(21)31(15)27)34-40-24-6-2-4-8-26(24)42(34)36(20)44/h7-28H,1-6H3;1-14H. The summed E-state index contributed by atoms with van der Waals surface area (Å²) in [5.74, 6) is 2.36. The van der Waals surface area contributed by atoms with E-state index in [-0.39, 0.29) is 33.1 Å². The van der Waals surface area contributed by atoms with Crippen LogP contribution in [0.25, 0.3) is 196 Å². The minimum Gasteiger partial charge on any atom is -0.457 e. The number of rotatable bonds is 4. The molecule has 0 aliphatic heterocycles. The zero-order chi connectivity index (χ0) is 72.7. The number of hydrogen-bond donors (Lipinski definition) is 0. The maximum atomic E-state index is 15.1. The number of ether oxygens (including phenoxy) is 2. The molecule has 14 nitrogen and oxygen atoms in total. The van der Waals surface area contributed by atoms with Gasteiger partial charge in [0.25, 0.3) is 22.2 Å². The van der Waals surface area contributed by atoms with Crippen molar-refractivity contribution in [3.05, 3.63) is 280 Å². The van der Waals surface area contributed by atoms with E-state index < -0.39 is 0 Å². The largest absolute Gasteiger partial charge is 0.457 e. The van der Waals surface area contributed by atoms with Crippen LogP contribution in [0, 0.1) is 0 Å². The first-order chi connectivity index (χ1) is 52.3. The van der Waals surface area contributed by atoms with E-state index in [1.807, 2.05) is 146 Å². The van der Waals surface area contributed by atoms with Gasteiger partial charge < -0.3 is 9.47 Å². The highest BCUT2D eigenvalue weighted by molar-refractivity contribution is 9.11. The summed E-state index contributed by atoms with van der Waals surface area (Å²) in [6.45, 7) is 13.1. The quantitative estimate of drug-likeness (QED) is 0.123. The molecular formula is C92H54Br2N8O6. The molecule has 0 saturated heterocycles. The van der Waals surface area contributed by atoms with Crippen LogP contribution in [0.15, 0.2) is 247 Å². The molecule has 108 heavy (non-hydrogen) atoms. The maximum absolute atomic E-state index is 15.1. The number of para-hydroxylation sites is 8. The number of nitrogens with zero attached hydrogens (tertiary/aromatic N) is 8. The van der Waals surface area contributed by atoms with Crippen LogP contribution in [0.1, 0.15) is 52.7 Å². The fraction of sp³-hybridized carbons (Fsp3) is 0.0870. The Kier molecular flexibility index (Phi) is 12.0. The first kappa shape index (κ1) is 61.5. The van der Waals surface area contributed by atoms with E-state index in [9.17, 15) is 9.59 Å². The van der Waals surface area contributed by atoms with Gasteiger partial charge in [0.05, 0.1) is 65.7 Å². The number of halogens is 2. The third-order valence-electron chi connectivity index (χ3n) is 22.9. The molecule has 16 heteroatoms. The number of fused-ring (bicyclic) bond motifs is 20. The highest BCUT2D eigenvalue weighted by atomic mass is 79.9. The predicted molar refractivity (Wildman–Crippen MR) is 446 cm³/mol. The second-order valence-electron chi connectivity index (χ2n) is 30.8. The lowest BCUT2D eigenvalue weighted by Crippen LogP contribution is -2.14. The van der Waals surface area contributed by atoms with Crippen molar-refractivity contribution >= 4 is 228 Å². The molecule has 0 N–H and O–H groups in total. The van der Waals surface area contributed by atoms with E-state index in [2.05, 4.69) is 146 Å². The molecule has 512 valence electrons. The third kappa shape index (κ3) is 7.98. The zero-order valence-electron chi connectivity index (χ0n) is 58.6. The molecule has 0 spiro atoms. The number of hydrogen-bond acceptors (Lipinski definition) is 10. The third-order valence-corrected chi connectivity index (χ3v) is 24.1. The van der Waals surface area contributed by atoms with Crippen molar-refractivity contribution in [1.29, 1.82) is 0 Å². The van der Waals surface area contributed by atoms with E-state index in [4.69, 9.17) is 29.4 Å². The summed E-state index contributed by atoms with van der Waals surface area (Å²) < 4.78 is 22.6. The summed E-state index contributed by atoms with van der Waals surface area (Å²) >= 11 is 7.77. The molecule has 0 bridgehead atoms. The van der Waals surface area contributed by atoms with Crippen molar-refractivity contribution in [2.75, 3.05) is 0 Å². The average molecular weight is 1530 g/mol. The molecular weight excluding hydrogens is 1470 g/mol. The first-order valence-corrected chi connectivity index (χ1v) is 37.5. The lowest BCUT2D eigenvalue weighted by Gasteiger charge is -2.23. The van der Waals surface area contributed by atoms with E-state index >= 15 is 9.59 Å². The average Bonchev–Trinajstić information content (AvgIpc) is 1.02. The van der Waals surface area contributed by atoms with Gasteiger partial charge in [-0.25, -0.2) is 19.9 Å². The molecule has 24 aromatic rings. The summed E-state index contributed by atoms with van der Waals surface area (Å²) in [5.41, 5.74) is 10.4. The normalized spacial score (nSPS) is 13.0. The first-order valence-electron chi connectivity index (χ1n) is 35.9. The van der Waals surface area contributed by atoms with E-state index in [0.29, 0.717) is 67.1 Å². The molecule has 0 fully saturated rings. The minimum absolute atomic E-state index is 0.0488. The Bertz CT molecular complexity index is 7960. The van der Waals surface area contributed by atoms with Crippen LogP contribution in [0.5, 0.6) is 23.0 Å². The molecule has 16 aromatic carbocycles. The van der Waals surface area contributed by atoms with Crippen LogP contribution >= 0.6 is 31.9 Å². The Balaban J connectivity index is 0.000000139. The molecule has 0 aliphatic rings. The van der Waals surface area contributed by atoms with Crippen LogP contribution in [0.3, 0.4) is 0 Å².